The Morgan fingerprint density at radius 1 is 1.53 bits per heavy atom. The topological polar surface area (TPSA) is 72.4 Å². The Balaban J connectivity index is 2.07. The number of nitro benzene ring substituents is 1. The van der Waals surface area contributed by atoms with Gasteiger partial charge in [0, 0.05) is 36.2 Å². The summed E-state index contributed by atoms with van der Waals surface area (Å²) in [4.78, 5) is 12.6. The van der Waals surface area contributed by atoms with Gasteiger partial charge >= 0.3 is 0 Å². The molecule has 0 saturated carbocycles. The number of rotatable bonds is 3. The van der Waals surface area contributed by atoms with E-state index in [4.69, 9.17) is 5.73 Å². The van der Waals surface area contributed by atoms with Crippen LogP contribution in [0.1, 0.15) is 19.4 Å². The van der Waals surface area contributed by atoms with Crippen molar-refractivity contribution < 1.29 is 4.92 Å². The van der Waals surface area contributed by atoms with Crippen LogP contribution in [0.5, 0.6) is 0 Å². The number of nitro groups is 1. The zero-order chi connectivity index (χ0) is 14.0. The molecule has 2 N–H and O–H groups in total. The first-order chi connectivity index (χ1) is 8.87. The van der Waals surface area contributed by atoms with Gasteiger partial charge in [-0.1, -0.05) is 6.07 Å². The summed E-state index contributed by atoms with van der Waals surface area (Å²) < 4.78 is 0.268. The van der Waals surface area contributed by atoms with Crippen molar-refractivity contribution in [1.29, 1.82) is 0 Å². The molecule has 1 aromatic rings. The van der Waals surface area contributed by atoms with E-state index in [1.807, 2.05) is 11.8 Å². The van der Waals surface area contributed by atoms with E-state index in [-0.39, 0.29) is 16.1 Å². The Kier molecular flexibility index (Phi) is 4.01. The van der Waals surface area contributed by atoms with Gasteiger partial charge in [-0.05, 0) is 25.5 Å². The van der Waals surface area contributed by atoms with Crippen molar-refractivity contribution in [2.45, 2.75) is 25.1 Å². The molecule has 1 fully saturated rings. The second kappa shape index (κ2) is 5.38. The summed E-state index contributed by atoms with van der Waals surface area (Å²) in [5.41, 5.74) is 6.98. The van der Waals surface area contributed by atoms with Crippen molar-refractivity contribution in [3.05, 3.63) is 33.9 Å². The summed E-state index contributed by atoms with van der Waals surface area (Å²) in [6, 6.07) is 5.00. The molecule has 0 spiro atoms. The Labute approximate surface area is 117 Å². The lowest BCUT2D eigenvalue weighted by Crippen LogP contribution is -2.42. The van der Waals surface area contributed by atoms with Crippen molar-refractivity contribution in [3.8, 4) is 0 Å². The maximum Gasteiger partial charge on any atom is 0.292 e. The van der Waals surface area contributed by atoms with Crippen LogP contribution in [0.4, 0.5) is 11.4 Å². The van der Waals surface area contributed by atoms with Gasteiger partial charge in [-0.3, -0.25) is 15.0 Å². The summed E-state index contributed by atoms with van der Waals surface area (Å²) in [6.45, 7) is 7.35. The highest BCUT2D eigenvalue weighted by atomic mass is 32.2. The van der Waals surface area contributed by atoms with Crippen molar-refractivity contribution in [1.82, 2.24) is 4.90 Å². The fourth-order valence-corrected chi connectivity index (χ4v) is 3.55. The van der Waals surface area contributed by atoms with Crippen molar-refractivity contribution in [2.75, 3.05) is 24.6 Å². The summed E-state index contributed by atoms with van der Waals surface area (Å²) in [5, 5.41) is 10.7. The first-order valence-corrected chi connectivity index (χ1v) is 7.25. The molecule has 5 nitrogen and oxygen atoms in total. The molecule has 1 aliphatic rings. The summed E-state index contributed by atoms with van der Waals surface area (Å²) in [6.07, 6.45) is 0. The minimum absolute atomic E-state index is 0.0155. The zero-order valence-corrected chi connectivity index (χ0v) is 12.1. The van der Waals surface area contributed by atoms with Crippen LogP contribution in [-0.4, -0.2) is 33.4 Å². The van der Waals surface area contributed by atoms with Crippen LogP contribution in [-0.2, 0) is 6.54 Å². The zero-order valence-electron chi connectivity index (χ0n) is 11.3. The van der Waals surface area contributed by atoms with Gasteiger partial charge in [0.25, 0.3) is 5.69 Å². The van der Waals surface area contributed by atoms with E-state index in [9.17, 15) is 10.1 Å². The Morgan fingerprint density at radius 3 is 2.84 bits per heavy atom. The quantitative estimate of drug-likeness (QED) is 0.523. The minimum atomic E-state index is -0.445. The monoisotopic (exact) mass is 281 g/mol. The van der Waals surface area contributed by atoms with Crippen molar-refractivity contribution >= 4 is 23.1 Å². The van der Waals surface area contributed by atoms with Gasteiger partial charge in [0.05, 0.1) is 4.92 Å². The first-order valence-electron chi connectivity index (χ1n) is 6.26. The van der Waals surface area contributed by atoms with Crippen molar-refractivity contribution in [3.63, 3.8) is 0 Å². The number of nitrogen functional groups attached to an aromatic ring is 1. The molecular formula is C13H19N3O2S. The average molecular weight is 281 g/mol. The van der Waals surface area contributed by atoms with Crippen LogP contribution < -0.4 is 5.73 Å². The maximum absolute atomic E-state index is 10.7. The molecule has 0 aromatic heterocycles. The molecule has 0 unspecified atom stereocenters. The number of nitrogens with two attached hydrogens (primary N) is 1. The number of nitrogens with zero attached hydrogens (tertiary/aromatic N) is 2. The first kappa shape index (κ1) is 14.1. The standard InChI is InChI=1S/C13H19N3O2S/c1-13(2)9-15(5-6-19-13)8-10-3-4-12(16(17)18)11(14)7-10/h3-4,7H,5-6,8-9,14H2,1-2H3. The molecule has 1 aliphatic heterocycles. The molecule has 1 saturated heterocycles. The smallest absolute Gasteiger partial charge is 0.292 e. The lowest BCUT2D eigenvalue weighted by Gasteiger charge is -2.37. The van der Waals surface area contributed by atoms with E-state index in [1.165, 1.54) is 6.07 Å². The van der Waals surface area contributed by atoms with Crippen LogP contribution >= 0.6 is 11.8 Å². The highest BCUT2D eigenvalue weighted by Crippen LogP contribution is 2.30. The normalized spacial score (nSPS) is 19.3. The highest BCUT2D eigenvalue weighted by Gasteiger charge is 2.27. The van der Waals surface area contributed by atoms with E-state index in [0.29, 0.717) is 0 Å². The average Bonchev–Trinajstić information content (AvgIpc) is 2.27. The molecule has 19 heavy (non-hydrogen) atoms. The fourth-order valence-electron chi connectivity index (χ4n) is 2.38. The van der Waals surface area contributed by atoms with Gasteiger partial charge in [0.15, 0.2) is 0 Å². The van der Waals surface area contributed by atoms with E-state index < -0.39 is 4.92 Å². The number of hydrogen-bond donors (Lipinski definition) is 1. The van der Waals surface area contributed by atoms with E-state index in [1.54, 1.807) is 12.1 Å². The lowest BCUT2D eigenvalue weighted by molar-refractivity contribution is -0.383. The number of thioether (sulfide) groups is 1. The number of anilines is 1. The van der Waals surface area contributed by atoms with E-state index in [0.717, 1.165) is 31.0 Å². The minimum Gasteiger partial charge on any atom is -0.393 e. The Morgan fingerprint density at radius 2 is 2.26 bits per heavy atom. The fraction of sp³-hybridized carbons (Fsp3) is 0.538. The Bertz CT molecular complexity index is 491. The van der Waals surface area contributed by atoms with E-state index >= 15 is 0 Å². The molecule has 0 aliphatic carbocycles. The van der Waals surface area contributed by atoms with Gasteiger partial charge in [-0.2, -0.15) is 11.8 Å². The summed E-state index contributed by atoms with van der Waals surface area (Å²) in [7, 11) is 0. The molecule has 0 radical (unpaired) electrons. The molecule has 6 heteroatoms. The second-order valence-electron chi connectivity index (χ2n) is 5.47. The van der Waals surface area contributed by atoms with Gasteiger partial charge in [-0.25, -0.2) is 0 Å². The molecule has 0 bridgehead atoms. The van der Waals surface area contributed by atoms with Gasteiger partial charge in [0.1, 0.15) is 5.69 Å². The number of benzene rings is 1. The van der Waals surface area contributed by atoms with Gasteiger partial charge < -0.3 is 5.73 Å². The van der Waals surface area contributed by atoms with Crippen LogP contribution in [0, 0.1) is 10.1 Å². The predicted molar refractivity (Wildman–Crippen MR) is 79.3 cm³/mol. The molecule has 2 rings (SSSR count). The SMILES string of the molecule is CC1(C)CN(Cc2ccc([N+](=O)[O-])c(N)c2)CCS1. The third kappa shape index (κ3) is 3.61. The van der Waals surface area contributed by atoms with Crippen LogP contribution in [0.15, 0.2) is 18.2 Å². The molecule has 0 atom stereocenters. The second-order valence-corrected chi connectivity index (χ2v) is 7.27. The third-order valence-corrected chi connectivity index (χ3v) is 4.50. The largest absolute Gasteiger partial charge is 0.393 e. The summed E-state index contributed by atoms with van der Waals surface area (Å²) >= 11 is 1.99. The molecule has 104 valence electrons. The molecular weight excluding hydrogens is 262 g/mol. The Hall–Kier alpha value is -1.27. The third-order valence-electron chi connectivity index (χ3n) is 3.20. The molecule has 0 amide bonds. The van der Waals surface area contributed by atoms with E-state index in [2.05, 4.69) is 18.7 Å². The van der Waals surface area contributed by atoms with Crippen LogP contribution in [0.3, 0.4) is 0 Å². The molecule has 1 aromatic carbocycles. The van der Waals surface area contributed by atoms with Gasteiger partial charge in [0.2, 0.25) is 0 Å². The highest BCUT2D eigenvalue weighted by molar-refractivity contribution is 8.00. The lowest BCUT2D eigenvalue weighted by atomic mass is 10.1. The number of hydrogen-bond acceptors (Lipinski definition) is 5. The maximum atomic E-state index is 10.7. The van der Waals surface area contributed by atoms with Crippen molar-refractivity contribution in [2.24, 2.45) is 0 Å². The predicted octanol–water partition coefficient (Wildman–Crippen LogP) is 2.50. The van der Waals surface area contributed by atoms with Crippen LogP contribution in [0.2, 0.25) is 0 Å². The molecule has 1 heterocycles. The van der Waals surface area contributed by atoms with Crippen LogP contribution in [0.25, 0.3) is 0 Å². The summed E-state index contributed by atoms with van der Waals surface area (Å²) in [5.74, 6) is 1.12. The van der Waals surface area contributed by atoms with Gasteiger partial charge in [-0.15, -0.1) is 0 Å².